The van der Waals surface area contributed by atoms with E-state index in [4.69, 9.17) is 23.2 Å². The van der Waals surface area contributed by atoms with Gasteiger partial charge in [-0.05, 0) is 47.0 Å². The smallest absolute Gasteiger partial charge is 0.257 e. The lowest BCUT2D eigenvalue weighted by molar-refractivity contribution is 0.102. The zero-order valence-corrected chi connectivity index (χ0v) is 14.7. The zero-order chi connectivity index (χ0) is 17.1. The predicted molar refractivity (Wildman–Crippen MR) is 95.4 cm³/mol. The minimum absolute atomic E-state index is 0.220. The van der Waals surface area contributed by atoms with Crippen molar-refractivity contribution in [3.8, 4) is 5.69 Å². The number of rotatable bonds is 4. The van der Waals surface area contributed by atoms with Crippen LogP contribution in [0.4, 0.5) is 5.69 Å². The number of benzene rings is 2. The Kier molecular flexibility index (Phi) is 5.03. The number of hydrogen-bond acceptors (Lipinski definition) is 5. The van der Waals surface area contributed by atoms with Gasteiger partial charge < -0.3 is 5.32 Å². The number of tetrazole rings is 1. The van der Waals surface area contributed by atoms with Crippen molar-refractivity contribution >= 4 is 46.6 Å². The van der Waals surface area contributed by atoms with Crippen molar-refractivity contribution in [1.82, 2.24) is 20.2 Å². The maximum Gasteiger partial charge on any atom is 0.257 e. The molecule has 24 heavy (non-hydrogen) atoms. The van der Waals surface area contributed by atoms with Crippen LogP contribution in [0, 0.1) is 0 Å². The van der Waals surface area contributed by atoms with Crippen LogP contribution in [0.1, 0.15) is 10.4 Å². The lowest BCUT2D eigenvalue weighted by atomic mass is 10.2. The molecule has 1 heterocycles. The molecular formula is C15H11Cl2N5OS. The third-order valence-corrected chi connectivity index (χ3v) is 4.61. The predicted octanol–water partition coefficient (Wildman–Crippen LogP) is 3.94. The number of carbonyl (C=O) groups excluding carboxylic acids is 1. The van der Waals surface area contributed by atoms with Crippen LogP contribution in [0.5, 0.6) is 0 Å². The molecule has 2 aromatic carbocycles. The Morgan fingerprint density at radius 2 is 2.00 bits per heavy atom. The van der Waals surface area contributed by atoms with Crippen LogP contribution in [0.2, 0.25) is 10.0 Å². The van der Waals surface area contributed by atoms with Crippen LogP contribution in [0.25, 0.3) is 5.69 Å². The number of hydrogen-bond donors (Lipinski definition) is 1. The highest BCUT2D eigenvalue weighted by atomic mass is 35.5. The van der Waals surface area contributed by atoms with Crippen molar-refractivity contribution in [3.05, 3.63) is 58.1 Å². The summed E-state index contributed by atoms with van der Waals surface area (Å²) in [4.78, 5) is 12.4. The molecular weight excluding hydrogens is 369 g/mol. The Hall–Kier alpha value is -2.09. The molecule has 0 atom stereocenters. The van der Waals surface area contributed by atoms with E-state index < -0.39 is 0 Å². The van der Waals surface area contributed by atoms with Crippen molar-refractivity contribution in [3.63, 3.8) is 0 Å². The molecule has 1 amide bonds. The number of thioether (sulfide) groups is 1. The Morgan fingerprint density at radius 3 is 2.79 bits per heavy atom. The minimum Gasteiger partial charge on any atom is -0.322 e. The molecule has 0 unspecified atom stereocenters. The summed E-state index contributed by atoms with van der Waals surface area (Å²) in [5, 5.41) is 15.5. The number of halogens is 2. The summed E-state index contributed by atoms with van der Waals surface area (Å²) in [7, 11) is 0. The second kappa shape index (κ2) is 7.21. The monoisotopic (exact) mass is 379 g/mol. The first-order valence-electron chi connectivity index (χ1n) is 6.78. The highest BCUT2D eigenvalue weighted by Crippen LogP contribution is 2.26. The molecule has 6 nitrogen and oxygen atoms in total. The molecule has 3 aromatic rings. The van der Waals surface area contributed by atoms with E-state index in [1.54, 1.807) is 41.1 Å². The van der Waals surface area contributed by atoms with Gasteiger partial charge >= 0.3 is 0 Å². The highest BCUT2D eigenvalue weighted by Gasteiger charge is 2.14. The van der Waals surface area contributed by atoms with E-state index in [9.17, 15) is 4.79 Å². The van der Waals surface area contributed by atoms with Crippen LogP contribution in [0.3, 0.4) is 0 Å². The number of aromatic nitrogens is 4. The Morgan fingerprint density at radius 1 is 1.21 bits per heavy atom. The van der Waals surface area contributed by atoms with E-state index in [0.717, 1.165) is 5.69 Å². The summed E-state index contributed by atoms with van der Waals surface area (Å²) in [6.45, 7) is 0. The maximum absolute atomic E-state index is 12.4. The molecule has 3 rings (SSSR count). The number of anilines is 1. The van der Waals surface area contributed by atoms with Gasteiger partial charge in [0, 0.05) is 5.69 Å². The van der Waals surface area contributed by atoms with E-state index in [-0.39, 0.29) is 10.9 Å². The maximum atomic E-state index is 12.4. The lowest BCUT2D eigenvalue weighted by Crippen LogP contribution is -2.13. The minimum atomic E-state index is -0.346. The normalized spacial score (nSPS) is 10.6. The fraction of sp³-hybridized carbons (Fsp3) is 0.0667. The van der Waals surface area contributed by atoms with Gasteiger partial charge in [-0.3, -0.25) is 4.79 Å². The molecule has 1 aromatic heterocycles. The van der Waals surface area contributed by atoms with Gasteiger partial charge in [0.05, 0.1) is 21.3 Å². The van der Waals surface area contributed by atoms with Crippen molar-refractivity contribution in [2.24, 2.45) is 0 Å². The fourth-order valence-corrected chi connectivity index (χ4v) is 2.88. The summed E-state index contributed by atoms with van der Waals surface area (Å²) in [5.74, 6) is -0.346. The van der Waals surface area contributed by atoms with Gasteiger partial charge in [0.2, 0.25) is 5.16 Å². The first-order chi connectivity index (χ1) is 11.6. The van der Waals surface area contributed by atoms with Crippen molar-refractivity contribution < 1.29 is 4.79 Å². The molecule has 0 spiro atoms. The van der Waals surface area contributed by atoms with Gasteiger partial charge in [-0.25, -0.2) is 0 Å². The van der Waals surface area contributed by atoms with Crippen LogP contribution in [0.15, 0.2) is 47.6 Å². The van der Waals surface area contributed by atoms with Gasteiger partial charge in [0.1, 0.15) is 0 Å². The Balaban J connectivity index is 1.87. The van der Waals surface area contributed by atoms with E-state index in [0.29, 0.717) is 21.4 Å². The molecule has 0 radical (unpaired) electrons. The summed E-state index contributed by atoms with van der Waals surface area (Å²) in [6, 6.07) is 12.1. The third-order valence-electron chi connectivity index (χ3n) is 3.17. The summed E-state index contributed by atoms with van der Waals surface area (Å²) in [5.41, 5.74) is 1.64. The molecule has 0 bridgehead atoms. The Labute approximate surface area is 152 Å². The molecule has 0 aliphatic carbocycles. The molecule has 0 saturated heterocycles. The average molecular weight is 380 g/mol. The number of carbonyl (C=O) groups is 1. The molecule has 9 heteroatoms. The zero-order valence-electron chi connectivity index (χ0n) is 12.4. The summed E-state index contributed by atoms with van der Waals surface area (Å²) in [6.07, 6.45) is 1.88. The fourth-order valence-electron chi connectivity index (χ4n) is 2.06. The molecule has 0 aliphatic rings. The van der Waals surface area contributed by atoms with E-state index in [1.807, 2.05) is 12.3 Å². The first-order valence-corrected chi connectivity index (χ1v) is 8.76. The summed E-state index contributed by atoms with van der Waals surface area (Å²) >= 11 is 13.5. The molecule has 0 saturated carbocycles. The molecule has 0 fully saturated rings. The lowest BCUT2D eigenvalue weighted by Gasteiger charge is -2.09. The molecule has 1 N–H and O–H groups in total. The van der Waals surface area contributed by atoms with Crippen LogP contribution in [-0.2, 0) is 0 Å². The van der Waals surface area contributed by atoms with Gasteiger partial charge in [0.15, 0.2) is 0 Å². The van der Waals surface area contributed by atoms with E-state index in [2.05, 4.69) is 20.8 Å². The second-order valence-electron chi connectivity index (χ2n) is 4.68. The summed E-state index contributed by atoms with van der Waals surface area (Å²) < 4.78 is 1.59. The first kappa shape index (κ1) is 16.8. The number of nitrogens with one attached hydrogen (secondary N) is 1. The van der Waals surface area contributed by atoms with Crippen LogP contribution < -0.4 is 5.32 Å². The number of nitrogens with zero attached hydrogens (tertiary/aromatic N) is 4. The van der Waals surface area contributed by atoms with Gasteiger partial charge in [0.25, 0.3) is 5.91 Å². The third kappa shape index (κ3) is 3.38. The molecule has 0 aliphatic heterocycles. The van der Waals surface area contributed by atoms with Gasteiger partial charge in [-0.1, -0.05) is 47.1 Å². The van der Waals surface area contributed by atoms with Gasteiger partial charge in [-0.2, -0.15) is 4.68 Å². The Bertz CT molecular complexity index is 899. The van der Waals surface area contributed by atoms with E-state index >= 15 is 0 Å². The second-order valence-corrected chi connectivity index (χ2v) is 6.24. The van der Waals surface area contributed by atoms with Crippen molar-refractivity contribution in [2.45, 2.75) is 5.16 Å². The number of amides is 1. The van der Waals surface area contributed by atoms with Crippen LogP contribution >= 0.6 is 35.0 Å². The topological polar surface area (TPSA) is 72.7 Å². The largest absolute Gasteiger partial charge is 0.322 e. The van der Waals surface area contributed by atoms with Gasteiger partial charge in [-0.15, -0.1) is 5.10 Å². The SMILES string of the molecule is CSc1nnnn1-c1cccc(NC(=O)c2cccc(Cl)c2Cl)c1. The van der Waals surface area contributed by atoms with Crippen molar-refractivity contribution in [1.29, 1.82) is 0 Å². The van der Waals surface area contributed by atoms with Crippen LogP contribution in [-0.4, -0.2) is 32.4 Å². The average Bonchev–Trinajstić information content (AvgIpc) is 3.06. The molecule has 122 valence electrons. The van der Waals surface area contributed by atoms with Crippen molar-refractivity contribution in [2.75, 3.05) is 11.6 Å². The quantitative estimate of drug-likeness (QED) is 0.694. The highest BCUT2D eigenvalue weighted by molar-refractivity contribution is 7.98. The standard InChI is InChI=1S/C15H11Cl2N5OS/c1-24-15-19-20-21-22(15)10-5-2-4-9(8-10)18-14(23)11-6-3-7-12(16)13(11)17/h2-8H,1H3,(H,18,23). The van der Waals surface area contributed by atoms with E-state index in [1.165, 1.54) is 11.8 Å².